The van der Waals surface area contributed by atoms with Crippen molar-refractivity contribution < 1.29 is 18.0 Å². The molecule has 0 saturated carbocycles. The molecular weight excluding hydrogens is 320 g/mol. The van der Waals surface area contributed by atoms with Crippen molar-refractivity contribution in [2.75, 3.05) is 32.4 Å². The molecule has 8 nitrogen and oxygen atoms in total. The Labute approximate surface area is 135 Å². The average Bonchev–Trinajstić information content (AvgIpc) is 2.71. The number of pyridine rings is 1. The zero-order chi connectivity index (χ0) is 17.0. The van der Waals surface area contributed by atoms with E-state index in [0.717, 1.165) is 11.8 Å². The van der Waals surface area contributed by atoms with E-state index in [9.17, 15) is 18.0 Å². The molecule has 1 fully saturated rings. The standard InChI is InChI=1S/C14H20N4O4S/c1-23(21,22)18-6-5-17(9-12(10-18)14(15)20)13(19)7-11-3-2-4-16-8-11/h2-4,8,12H,5-7,9-10H2,1H3,(H2,15,20)/t12-/m1/s1. The summed E-state index contributed by atoms with van der Waals surface area (Å²) in [6.45, 7) is 0.516. The number of carbonyl (C=O) groups excluding carboxylic acids is 2. The van der Waals surface area contributed by atoms with Gasteiger partial charge in [0.25, 0.3) is 0 Å². The maximum Gasteiger partial charge on any atom is 0.227 e. The first-order chi connectivity index (χ1) is 10.8. The van der Waals surface area contributed by atoms with Crippen LogP contribution in [0.1, 0.15) is 5.56 Å². The normalized spacial score (nSPS) is 20.0. The number of nitrogens with zero attached hydrogens (tertiary/aromatic N) is 3. The highest BCUT2D eigenvalue weighted by Gasteiger charge is 2.32. The summed E-state index contributed by atoms with van der Waals surface area (Å²) in [5.41, 5.74) is 6.11. The molecule has 23 heavy (non-hydrogen) atoms. The van der Waals surface area contributed by atoms with Crippen molar-refractivity contribution in [1.29, 1.82) is 0 Å². The number of carbonyl (C=O) groups is 2. The molecule has 9 heteroatoms. The maximum atomic E-state index is 12.4. The zero-order valence-corrected chi connectivity index (χ0v) is 13.7. The first kappa shape index (κ1) is 17.4. The van der Waals surface area contributed by atoms with Gasteiger partial charge >= 0.3 is 0 Å². The number of primary amides is 1. The van der Waals surface area contributed by atoms with Crippen LogP contribution in [0.5, 0.6) is 0 Å². The average molecular weight is 340 g/mol. The smallest absolute Gasteiger partial charge is 0.227 e. The summed E-state index contributed by atoms with van der Waals surface area (Å²) in [6, 6.07) is 3.53. The SMILES string of the molecule is CS(=O)(=O)N1CCN(C(=O)Cc2cccnc2)C[C@@H](C(N)=O)C1. The Morgan fingerprint density at radius 3 is 2.65 bits per heavy atom. The van der Waals surface area contributed by atoms with E-state index >= 15 is 0 Å². The molecule has 1 saturated heterocycles. The first-order valence-electron chi connectivity index (χ1n) is 7.18. The lowest BCUT2D eigenvalue weighted by atomic mass is 10.1. The third-order valence-electron chi connectivity index (χ3n) is 3.79. The molecule has 2 N–H and O–H groups in total. The van der Waals surface area contributed by atoms with Gasteiger partial charge in [-0.1, -0.05) is 6.07 Å². The van der Waals surface area contributed by atoms with Crippen molar-refractivity contribution in [2.45, 2.75) is 6.42 Å². The van der Waals surface area contributed by atoms with Gasteiger partial charge in [0.2, 0.25) is 21.8 Å². The second-order valence-corrected chi connectivity index (χ2v) is 7.58. The van der Waals surface area contributed by atoms with Crippen LogP contribution < -0.4 is 5.73 Å². The lowest BCUT2D eigenvalue weighted by Gasteiger charge is -2.22. The summed E-state index contributed by atoms with van der Waals surface area (Å²) >= 11 is 0. The van der Waals surface area contributed by atoms with E-state index < -0.39 is 21.8 Å². The summed E-state index contributed by atoms with van der Waals surface area (Å²) in [7, 11) is -3.45. The van der Waals surface area contributed by atoms with Gasteiger partial charge in [-0.15, -0.1) is 0 Å². The minimum Gasteiger partial charge on any atom is -0.369 e. The van der Waals surface area contributed by atoms with Crippen molar-refractivity contribution in [3.63, 3.8) is 0 Å². The van der Waals surface area contributed by atoms with Crippen LogP contribution in [-0.4, -0.2) is 66.9 Å². The van der Waals surface area contributed by atoms with Gasteiger partial charge < -0.3 is 10.6 Å². The van der Waals surface area contributed by atoms with Crippen LogP contribution in [-0.2, 0) is 26.0 Å². The van der Waals surface area contributed by atoms with Gasteiger partial charge in [-0.25, -0.2) is 8.42 Å². The fourth-order valence-corrected chi connectivity index (χ4v) is 3.35. The molecule has 1 atom stereocenters. The Balaban J connectivity index is 2.13. The number of hydrogen-bond donors (Lipinski definition) is 1. The third kappa shape index (κ3) is 4.73. The minimum absolute atomic E-state index is 0.00480. The van der Waals surface area contributed by atoms with Gasteiger partial charge in [-0.2, -0.15) is 4.31 Å². The quantitative estimate of drug-likeness (QED) is 0.742. The van der Waals surface area contributed by atoms with E-state index in [2.05, 4.69) is 4.98 Å². The third-order valence-corrected chi connectivity index (χ3v) is 5.06. The molecule has 0 bridgehead atoms. The molecule has 2 rings (SSSR count). The molecule has 0 spiro atoms. The molecular formula is C14H20N4O4S. The lowest BCUT2D eigenvalue weighted by Crippen LogP contribution is -2.41. The summed E-state index contributed by atoms with van der Waals surface area (Å²) in [4.78, 5) is 29.4. The molecule has 2 amide bonds. The number of aromatic nitrogens is 1. The van der Waals surface area contributed by atoms with Gasteiger partial charge in [0, 0.05) is 38.6 Å². The van der Waals surface area contributed by atoms with Crippen LogP contribution in [0.2, 0.25) is 0 Å². The number of sulfonamides is 1. The fraction of sp³-hybridized carbons (Fsp3) is 0.500. The van der Waals surface area contributed by atoms with E-state index in [0.29, 0.717) is 0 Å². The fourth-order valence-electron chi connectivity index (χ4n) is 2.48. The number of amides is 2. The van der Waals surface area contributed by atoms with Crippen molar-refractivity contribution in [3.05, 3.63) is 30.1 Å². The van der Waals surface area contributed by atoms with Gasteiger partial charge in [-0.3, -0.25) is 14.6 Å². The molecule has 1 aromatic rings. The van der Waals surface area contributed by atoms with Crippen LogP contribution in [0.3, 0.4) is 0 Å². The topological polar surface area (TPSA) is 114 Å². The van der Waals surface area contributed by atoms with Crippen LogP contribution in [0.4, 0.5) is 0 Å². The highest BCUT2D eigenvalue weighted by atomic mass is 32.2. The summed E-state index contributed by atoms with van der Waals surface area (Å²) < 4.78 is 24.7. The van der Waals surface area contributed by atoms with Gasteiger partial charge in [-0.05, 0) is 11.6 Å². The van der Waals surface area contributed by atoms with Gasteiger partial charge in [0.05, 0.1) is 18.6 Å². The van der Waals surface area contributed by atoms with Gasteiger partial charge in [0.15, 0.2) is 0 Å². The van der Waals surface area contributed by atoms with E-state index in [4.69, 9.17) is 5.73 Å². The number of rotatable bonds is 4. The van der Waals surface area contributed by atoms with E-state index in [1.54, 1.807) is 24.5 Å². The van der Waals surface area contributed by atoms with Crippen LogP contribution in [0.25, 0.3) is 0 Å². The Morgan fingerprint density at radius 2 is 2.09 bits per heavy atom. The molecule has 0 radical (unpaired) electrons. The first-order valence-corrected chi connectivity index (χ1v) is 9.03. The van der Waals surface area contributed by atoms with E-state index in [-0.39, 0.29) is 38.5 Å². The summed E-state index contributed by atoms with van der Waals surface area (Å²) in [5, 5.41) is 0. The molecule has 1 aromatic heterocycles. The number of hydrogen-bond acceptors (Lipinski definition) is 5. The number of nitrogens with two attached hydrogens (primary N) is 1. The predicted molar refractivity (Wildman–Crippen MR) is 83.6 cm³/mol. The Morgan fingerprint density at radius 1 is 1.35 bits per heavy atom. The molecule has 0 aromatic carbocycles. The second-order valence-electron chi connectivity index (χ2n) is 5.60. The molecule has 1 aliphatic rings. The van der Waals surface area contributed by atoms with E-state index in [1.807, 2.05) is 0 Å². The predicted octanol–water partition coefficient (Wildman–Crippen LogP) is -1.17. The molecule has 1 aliphatic heterocycles. The van der Waals surface area contributed by atoms with Crippen molar-refractivity contribution in [1.82, 2.24) is 14.2 Å². The highest BCUT2D eigenvalue weighted by molar-refractivity contribution is 7.88. The van der Waals surface area contributed by atoms with Crippen molar-refractivity contribution in [2.24, 2.45) is 11.7 Å². The summed E-state index contributed by atoms with van der Waals surface area (Å²) in [6.07, 6.45) is 4.45. The molecule has 2 heterocycles. The Hall–Kier alpha value is -2.00. The zero-order valence-electron chi connectivity index (χ0n) is 12.9. The maximum absolute atomic E-state index is 12.4. The largest absolute Gasteiger partial charge is 0.369 e. The lowest BCUT2D eigenvalue weighted by molar-refractivity contribution is -0.131. The Kier molecular flexibility index (Phi) is 5.32. The molecule has 0 unspecified atom stereocenters. The highest BCUT2D eigenvalue weighted by Crippen LogP contribution is 2.14. The van der Waals surface area contributed by atoms with E-state index in [1.165, 1.54) is 9.21 Å². The van der Waals surface area contributed by atoms with Crippen LogP contribution >= 0.6 is 0 Å². The molecule has 0 aliphatic carbocycles. The molecule has 126 valence electrons. The second kappa shape index (κ2) is 7.05. The van der Waals surface area contributed by atoms with Crippen molar-refractivity contribution >= 4 is 21.8 Å². The van der Waals surface area contributed by atoms with Gasteiger partial charge in [0.1, 0.15) is 0 Å². The van der Waals surface area contributed by atoms with Crippen LogP contribution in [0.15, 0.2) is 24.5 Å². The Bertz CT molecular complexity index is 677. The summed E-state index contributed by atoms with van der Waals surface area (Å²) in [5.74, 6) is -1.51. The monoisotopic (exact) mass is 340 g/mol. The minimum atomic E-state index is -3.45. The van der Waals surface area contributed by atoms with Crippen LogP contribution in [0, 0.1) is 5.92 Å². The van der Waals surface area contributed by atoms with Crippen molar-refractivity contribution in [3.8, 4) is 0 Å².